The third-order valence-corrected chi connectivity index (χ3v) is 5.41. The van der Waals surface area contributed by atoms with Crippen LogP contribution in [-0.4, -0.2) is 24.1 Å². The Labute approximate surface area is 158 Å². The first-order chi connectivity index (χ1) is 12.8. The van der Waals surface area contributed by atoms with Crippen molar-refractivity contribution in [3.05, 3.63) is 72.6 Å². The van der Waals surface area contributed by atoms with Crippen LogP contribution in [-0.2, 0) is 14.8 Å². The van der Waals surface area contributed by atoms with Crippen LogP contribution >= 0.6 is 0 Å². The Hall–Kier alpha value is -3.13. The summed E-state index contributed by atoms with van der Waals surface area (Å²) in [5.74, 6) is -0.253. The van der Waals surface area contributed by atoms with E-state index < -0.39 is 16.1 Å². The zero-order valence-corrected chi connectivity index (χ0v) is 15.8. The van der Waals surface area contributed by atoms with Gasteiger partial charge in [-0.25, -0.2) is 8.42 Å². The molecule has 0 aliphatic heterocycles. The largest absolute Gasteiger partial charge is 0.324 e. The van der Waals surface area contributed by atoms with E-state index in [1.807, 2.05) is 6.92 Å². The molecule has 0 aliphatic carbocycles. The Balaban J connectivity index is 1.73. The average molecular weight is 384 g/mol. The standard InChI is InChI=1S/C19H20N4O3S/c1-14-7-9-18(10-8-14)27(25,26)22-17-6-3-5-16(13-17)21-19(24)15(2)23-12-4-11-20-23/h3-13,15,22H,1-2H3,(H,21,24). The van der Waals surface area contributed by atoms with Crippen molar-refractivity contribution in [1.29, 1.82) is 0 Å². The molecule has 0 radical (unpaired) electrons. The van der Waals surface area contributed by atoms with Crippen LogP contribution in [0.2, 0.25) is 0 Å². The van der Waals surface area contributed by atoms with Gasteiger partial charge in [0.05, 0.1) is 10.6 Å². The average Bonchev–Trinajstić information content (AvgIpc) is 3.16. The summed E-state index contributed by atoms with van der Waals surface area (Å²) < 4.78 is 29.1. The van der Waals surface area contributed by atoms with Crippen molar-refractivity contribution in [2.24, 2.45) is 0 Å². The molecule has 0 aliphatic rings. The first-order valence-electron chi connectivity index (χ1n) is 8.35. The molecule has 27 heavy (non-hydrogen) atoms. The lowest BCUT2D eigenvalue weighted by molar-refractivity contribution is -0.119. The van der Waals surface area contributed by atoms with Gasteiger partial charge in [0.2, 0.25) is 5.91 Å². The molecule has 1 heterocycles. The van der Waals surface area contributed by atoms with Gasteiger partial charge in [-0.05, 0) is 50.2 Å². The van der Waals surface area contributed by atoms with E-state index in [9.17, 15) is 13.2 Å². The Morgan fingerprint density at radius 2 is 1.78 bits per heavy atom. The molecule has 2 N–H and O–H groups in total. The maximum absolute atomic E-state index is 12.5. The number of carbonyl (C=O) groups excluding carboxylic acids is 1. The molecule has 1 aromatic heterocycles. The topological polar surface area (TPSA) is 93.1 Å². The van der Waals surface area contributed by atoms with Crippen LogP contribution in [0.15, 0.2) is 71.9 Å². The summed E-state index contributed by atoms with van der Waals surface area (Å²) in [7, 11) is -3.70. The summed E-state index contributed by atoms with van der Waals surface area (Å²) in [4.78, 5) is 12.5. The Morgan fingerprint density at radius 1 is 1.07 bits per heavy atom. The molecule has 7 nitrogen and oxygen atoms in total. The third kappa shape index (κ3) is 4.53. The lowest BCUT2D eigenvalue weighted by atomic mass is 10.2. The summed E-state index contributed by atoms with van der Waals surface area (Å²) in [5.41, 5.74) is 1.83. The monoisotopic (exact) mass is 384 g/mol. The number of rotatable bonds is 6. The molecule has 1 amide bonds. The third-order valence-electron chi connectivity index (χ3n) is 4.01. The Kier molecular flexibility index (Phi) is 5.27. The minimum Gasteiger partial charge on any atom is -0.324 e. The van der Waals surface area contributed by atoms with Crippen molar-refractivity contribution in [3.63, 3.8) is 0 Å². The molecule has 0 spiro atoms. The highest BCUT2D eigenvalue weighted by Gasteiger charge is 2.17. The van der Waals surface area contributed by atoms with Crippen LogP contribution in [0.5, 0.6) is 0 Å². The molecule has 0 fully saturated rings. The Bertz CT molecular complexity index is 1030. The van der Waals surface area contributed by atoms with Crippen LogP contribution in [0.3, 0.4) is 0 Å². The van der Waals surface area contributed by atoms with E-state index in [-0.39, 0.29) is 10.8 Å². The maximum Gasteiger partial charge on any atom is 0.261 e. The number of carbonyl (C=O) groups is 1. The van der Waals surface area contributed by atoms with Crippen LogP contribution in [0.1, 0.15) is 18.5 Å². The van der Waals surface area contributed by atoms with E-state index in [0.29, 0.717) is 11.4 Å². The van der Waals surface area contributed by atoms with Crippen LogP contribution in [0, 0.1) is 6.92 Å². The molecule has 3 rings (SSSR count). The highest BCUT2D eigenvalue weighted by molar-refractivity contribution is 7.92. The molecule has 3 aromatic rings. The number of nitrogens with zero attached hydrogens (tertiary/aromatic N) is 2. The fraction of sp³-hybridized carbons (Fsp3) is 0.158. The van der Waals surface area contributed by atoms with Crippen LogP contribution < -0.4 is 10.0 Å². The lowest BCUT2D eigenvalue weighted by Crippen LogP contribution is -2.24. The van der Waals surface area contributed by atoms with Crippen molar-refractivity contribution in [2.45, 2.75) is 24.8 Å². The van der Waals surface area contributed by atoms with Gasteiger partial charge in [0.25, 0.3) is 10.0 Å². The number of nitrogens with one attached hydrogen (secondary N) is 2. The van der Waals surface area contributed by atoms with Gasteiger partial charge in [-0.1, -0.05) is 23.8 Å². The van der Waals surface area contributed by atoms with E-state index in [2.05, 4.69) is 15.1 Å². The fourth-order valence-corrected chi connectivity index (χ4v) is 3.52. The van der Waals surface area contributed by atoms with Crippen molar-refractivity contribution >= 4 is 27.3 Å². The SMILES string of the molecule is Cc1ccc(S(=O)(=O)Nc2cccc(NC(=O)C(C)n3cccn3)c2)cc1. The zero-order chi connectivity index (χ0) is 19.4. The quantitative estimate of drug-likeness (QED) is 0.682. The second kappa shape index (κ2) is 7.63. The molecule has 0 saturated carbocycles. The number of aromatic nitrogens is 2. The smallest absolute Gasteiger partial charge is 0.261 e. The normalized spacial score (nSPS) is 12.4. The molecule has 0 saturated heterocycles. The summed E-state index contributed by atoms with van der Waals surface area (Å²) in [5, 5.41) is 6.82. The van der Waals surface area contributed by atoms with Gasteiger partial charge in [-0.2, -0.15) is 5.10 Å². The highest BCUT2D eigenvalue weighted by Crippen LogP contribution is 2.20. The molecule has 1 atom stereocenters. The first-order valence-corrected chi connectivity index (χ1v) is 9.83. The molecule has 8 heteroatoms. The number of anilines is 2. The van der Waals surface area contributed by atoms with Gasteiger partial charge in [-0.3, -0.25) is 14.2 Å². The van der Waals surface area contributed by atoms with E-state index in [4.69, 9.17) is 0 Å². The number of amides is 1. The lowest BCUT2D eigenvalue weighted by Gasteiger charge is -2.14. The molecule has 1 unspecified atom stereocenters. The molecular formula is C19H20N4O3S. The number of hydrogen-bond donors (Lipinski definition) is 2. The molecular weight excluding hydrogens is 364 g/mol. The van der Waals surface area contributed by atoms with Crippen molar-refractivity contribution in [3.8, 4) is 0 Å². The Morgan fingerprint density at radius 3 is 2.44 bits per heavy atom. The highest BCUT2D eigenvalue weighted by atomic mass is 32.2. The van der Waals surface area contributed by atoms with Crippen LogP contribution in [0.4, 0.5) is 11.4 Å². The first kappa shape index (κ1) is 18.7. The van der Waals surface area contributed by atoms with Crippen molar-refractivity contribution < 1.29 is 13.2 Å². The number of aryl methyl sites for hydroxylation is 1. The number of hydrogen-bond acceptors (Lipinski definition) is 4. The summed E-state index contributed by atoms with van der Waals surface area (Å²) in [6, 6.07) is 14.4. The predicted molar refractivity (Wildman–Crippen MR) is 104 cm³/mol. The minimum atomic E-state index is -3.70. The van der Waals surface area contributed by atoms with Gasteiger partial charge in [-0.15, -0.1) is 0 Å². The van der Waals surface area contributed by atoms with E-state index in [0.717, 1.165) is 5.56 Å². The summed E-state index contributed by atoms with van der Waals surface area (Å²) in [6.45, 7) is 3.62. The van der Waals surface area contributed by atoms with E-state index >= 15 is 0 Å². The van der Waals surface area contributed by atoms with E-state index in [1.54, 1.807) is 78.6 Å². The fourth-order valence-electron chi connectivity index (χ4n) is 2.47. The van der Waals surface area contributed by atoms with Gasteiger partial charge < -0.3 is 5.32 Å². The number of sulfonamides is 1. The zero-order valence-electron chi connectivity index (χ0n) is 15.0. The number of benzene rings is 2. The van der Waals surface area contributed by atoms with Crippen LogP contribution in [0.25, 0.3) is 0 Å². The predicted octanol–water partition coefficient (Wildman–Crippen LogP) is 3.19. The molecule has 2 aromatic carbocycles. The molecule has 0 bridgehead atoms. The summed E-state index contributed by atoms with van der Waals surface area (Å²) in [6.07, 6.45) is 3.31. The second-order valence-corrected chi connectivity index (χ2v) is 7.83. The minimum absolute atomic E-state index is 0.176. The van der Waals surface area contributed by atoms with Gasteiger partial charge in [0, 0.05) is 18.1 Å². The molecule has 140 valence electrons. The summed E-state index contributed by atoms with van der Waals surface area (Å²) >= 11 is 0. The van der Waals surface area contributed by atoms with Crippen molar-refractivity contribution in [1.82, 2.24) is 9.78 Å². The van der Waals surface area contributed by atoms with E-state index in [1.165, 1.54) is 0 Å². The van der Waals surface area contributed by atoms with Crippen molar-refractivity contribution in [2.75, 3.05) is 10.0 Å². The second-order valence-electron chi connectivity index (χ2n) is 6.15. The van der Waals surface area contributed by atoms with Gasteiger partial charge >= 0.3 is 0 Å². The maximum atomic E-state index is 12.5. The van der Waals surface area contributed by atoms with Gasteiger partial charge in [0.1, 0.15) is 6.04 Å². The van der Waals surface area contributed by atoms with Gasteiger partial charge in [0.15, 0.2) is 0 Å².